The summed E-state index contributed by atoms with van der Waals surface area (Å²) in [4.78, 5) is 10.7. The molecule has 0 bridgehead atoms. The zero-order valence-corrected chi connectivity index (χ0v) is 7.19. The van der Waals surface area contributed by atoms with E-state index in [2.05, 4.69) is 12.6 Å². The van der Waals surface area contributed by atoms with Crippen LogP contribution in [-0.2, 0) is 4.79 Å². The van der Waals surface area contributed by atoms with Crippen LogP contribution in [0.5, 0.6) is 0 Å². The van der Waals surface area contributed by atoms with Gasteiger partial charge in [-0.3, -0.25) is 4.79 Å². The predicted molar refractivity (Wildman–Crippen MR) is 44.0 cm³/mol. The van der Waals surface area contributed by atoms with Crippen LogP contribution in [0.3, 0.4) is 0 Å². The third-order valence-corrected chi connectivity index (χ3v) is 1.70. The molecule has 0 saturated heterocycles. The van der Waals surface area contributed by atoms with E-state index in [4.69, 9.17) is 20.4 Å². The number of carbonyl (C=O) groups excluding carboxylic acids is 1. The lowest BCUT2D eigenvalue weighted by molar-refractivity contribution is -0.137. The molecule has 5 nitrogen and oxygen atoms in total. The first kappa shape index (κ1) is 11.9. The molecular weight excluding hydrogens is 184 g/mol. The van der Waals surface area contributed by atoms with Crippen LogP contribution in [0.2, 0.25) is 0 Å². The largest absolute Gasteiger partial charge is 0.394 e. The van der Waals surface area contributed by atoms with Gasteiger partial charge < -0.3 is 20.4 Å². The average Bonchev–Trinajstić information content (AvgIpc) is 2.12. The maximum atomic E-state index is 10.7. The lowest BCUT2D eigenvalue weighted by atomic mass is 10.1. The van der Waals surface area contributed by atoms with E-state index < -0.39 is 30.7 Å². The molecule has 0 heterocycles. The minimum atomic E-state index is -1.69. The molecule has 0 saturated carbocycles. The van der Waals surface area contributed by atoms with Crippen molar-refractivity contribution in [2.75, 3.05) is 12.4 Å². The van der Waals surface area contributed by atoms with Gasteiger partial charge in [0.25, 0.3) is 0 Å². The van der Waals surface area contributed by atoms with Gasteiger partial charge >= 0.3 is 0 Å². The summed E-state index contributed by atoms with van der Waals surface area (Å²) in [7, 11) is 0. The molecule has 6 heteroatoms. The summed E-state index contributed by atoms with van der Waals surface area (Å²) < 4.78 is 0. The van der Waals surface area contributed by atoms with Gasteiger partial charge in [-0.25, -0.2) is 0 Å². The van der Waals surface area contributed by atoms with E-state index in [0.29, 0.717) is 0 Å². The van der Waals surface area contributed by atoms with Gasteiger partial charge in [0, 0.05) is 0 Å². The van der Waals surface area contributed by atoms with Gasteiger partial charge in [0.1, 0.15) is 18.3 Å². The molecule has 3 atom stereocenters. The van der Waals surface area contributed by atoms with E-state index in [1.165, 1.54) is 0 Å². The molecule has 0 unspecified atom stereocenters. The monoisotopic (exact) mass is 196 g/mol. The number of Topliss-reactive ketones (excluding diaryl/α,β-unsaturated/α-hetero) is 1. The highest BCUT2D eigenvalue weighted by Crippen LogP contribution is 2.01. The van der Waals surface area contributed by atoms with Gasteiger partial charge in [-0.2, -0.15) is 12.6 Å². The number of ketones is 1. The summed E-state index contributed by atoms with van der Waals surface area (Å²) in [6.07, 6.45) is -4.86. The molecule has 0 aromatic carbocycles. The van der Waals surface area contributed by atoms with Crippen LogP contribution in [-0.4, -0.2) is 56.9 Å². The third kappa shape index (κ3) is 3.08. The highest BCUT2D eigenvalue weighted by molar-refractivity contribution is 7.81. The van der Waals surface area contributed by atoms with Crippen molar-refractivity contribution < 1.29 is 25.2 Å². The van der Waals surface area contributed by atoms with Crippen LogP contribution >= 0.6 is 12.6 Å². The van der Waals surface area contributed by atoms with Gasteiger partial charge in [-0.15, -0.1) is 0 Å². The van der Waals surface area contributed by atoms with Gasteiger partial charge in [-0.05, 0) is 0 Å². The van der Waals surface area contributed by atoms with Crippen molar-refractivity contribution in [1.82, 2.24) is 0 Å². The van der Waals surface area contributed by atoms with Crippen molar-refractivity contribution >= 4 is 18.4 Å². The lowest BCUT2D eigenvalue weighted by Gasteiger charge is -2.19. The molecule has 0 aliphatic rings. The zero-order chi connectivity index (χ0) is 9.72. The van der Waals surface area contributed by atoms with Gasteiger partial charge in [-0.1, -0.05) is 0 Å². The summed E-state index contributed by atoms with van der Waals surface area (Å²) in [5, 5.41) is 35.1. The number of aliphatic hydroxyl groups is 4. The molecular formula is C6H12O5S. The predicted octanol–water partition coefficient (Wildman–Crippen LogP) is -2.44. The number of rotatable bonds is 5. The van der Waals surface area contributed by atoms with Gasteiger partial charge in [0.2, 0.25) is 0 Å². The molecule has 12 heavy (non-hydrogen) atoms. The maximum absolute atomic E-state index is 10.7. The van der Waals surface area contributed by atoms with Gasteiger partial charge in [0.15, 0.2) is 5.78 Å². The molecule has 0 aliphatic heterocycles. The Balaban J connectivity index is 4.08. The van der Waals surface area contributed by atoms with Crippen LogP contribution in [0.4, 0.5) is 0 Å². The quantitative estimate of drug-likeness (QED) is 0.315. The average molecular weight is 196 g/mol. The lowest BCUT2D eigenvalue weighted by Crippen LogP contribution is -2.44. The summed E-state index contributed by atoms with van der Waals surface area (Å²) >= 11 is 3.58. The Hall–Kier alpha value is -0.140. The van der Waals surface area contributed by atoms with E-state index in [-0.39, 0.29) is 5.75 Å². The molecule has 0 fully saturated rings. The number of thiol groups is 1. The Morgan fingerprint density at radius 2 is 1.83 bits per heavy atom. The number of hydrogen-bond acceptors (Lipinski definition) is 6. The Labute approximate surface area is 75.1 Å². The second-order valence-electron chi connectivity index (χ2n) is 2.31. The summed E-state index contributed by atoms with van der Waals surface area (Å²) in [5.41, 5.74) is 0. The summed E-state index contributed by atoms with van der Waals surface area (Å²) in [6.45, 7) is -0.710. The van der Waals surface area contributed by atoms with E-state index >= 15 is 0 Å². The number of carbonyl (C=O) groups is 1. The van der Waals surface area contributed by atoms with E-state index in [0.717, 1.165) is 0 Å². The van der Waals surface area contributed by atoms with Crippen molar-refractivity contribution in [3.05, 3.63) is 0 Å². The van der Waals surface area contributed by atoms with E-state index in [1.54, 1.807) is 0 Å². The first-order valence-corrected chi connectivity index (χ1v) is 3.96. The number of hydrogen-bond donors (Lipinski definition) is 5. The molecule has 0 spiro atoms. The Morgan fingerprint density at radius 1 is 1.33 bits per heavy atom. The van der Waals surface area contributed by atoms with Gasteiger partial charge in [0.05, 0.1) is 12.4 Å². The van der Waals surface area contributed by atoms with Crippen LogP contribution in [0.1, 0.15) is 0 Å². The van der Waals surface area contributed by atoms with Crippen molar-refractivity contribution in [3.63, 3.8) is 0 Å². The van der Waals surface area contributed by atoms with E-state index in [9.17, 15) is 4.79 Å². The Kier molecular flexibility index (Phi) is 5.43. The van der Waals surface area contributed by atoms with E-state index in [1.807, 2.05) is 0 Å². The second-order valence-corrected chi connectivity index (χ2v) is 2.63. The maximum Gasteiger partial charge on any atom is 0.173 e. The van der Waals surface area contributed by atoms with Crippen LogP contribution in [0.15, 0.2) is 0 Å². The van der Waals surface area contributed by atoms with Crippen LogP contribution in [0, 0.1) is 0 Å². The molecule has 72 valence electrons. The first-order valence-electron chi connectivity index (χ1n) is 3.33. The fraction of sp³-hybridized carbons (Fsp3) is 0.833. The standard InChI is InChI=1S/C6H12O5S/c7-1-3(8)5(10)6(11)4(9)2-12/h3,5-8,10-12H,1-2H2/t3-,5-,6-/m0/s1. The van der Waals surface area contributed by atoms with Crippen molar-refractivity contribution in [1.29, 1.82) is 0 Å². The summed E-state index contributed by atoms with van der Waals surface area (Å²) in [5.74, 6) is -0.922. The fourth-order valence-corrected chi connectivity index (χ4v) is 0.789. The normalized spacial score (nSPS) is 18.4. The minimum Gasteiger partial charge on any atom is -0.394 e. The van der Waals surface area contributed by atoms with Crippen molar-refractivity contribution in [2.45, 2.75) is 18.3 Å². The Bertz CT molecular complexity index is 151. The molecule has 0 aliphatic carbocycles. The minimum absolute atomic E-state index is 0.226. The summed E-state index contributed by atoms with van der Waals surface area (Å²) in [6, 6.07) is 0. The first-order chi connectivity index (χ1) is 5.54. The molecule has 0 amide bonds. The smallest absolute Gasteiger partial charge is 0.173 e. The third-order valence-electron chi connectivity index (χ3n) is 1.39. The molecule has 0 rings (SSSR count). The molecule has 4 N–H and O–H groups in total. The zero-order valence-electron chi connectivity index (χ0n) is 6.29. The second kappa shape index (κ2) is 5.50. The van der Waals surface area contributed by atoms with Crippen molar-refractivity contribution in [3.8, 4) is 0 Å². The van der Waals surface area contributed by atoms with Crippen LogP contribution in [0.25, 0.3) is 0 Å². The van der Waals surface area contributed by atoms with Crippen LogP contribution < -0.4 is 0 Å². The van der Waals surface area contributed by atoms with Crippen molar-refractivity contribution in [2.24, 2.45) is 0 Å². The SMILES string of the molecule is O=C(CS)[C@H](O)[C@@H](O)[C@@H](O)CO. The molecule has 0 aromatic heterocycles. The molecule has 0 radical (unpaired) electrons. The topological polar surface area (TPSA) is 98.0 Å². The fourth-order valence-electron chi connectivity index (χ4n) is 0.602. The highest BCUT2D eigenvalue weighted by Gasteiger charge is 2.28. The number of aliphatic hydroxyl groups excluding tert-OH is 4. The molecule has 0 aromatic rings. The highest BCUT2D eigenvalue weighted by atomic mass is 32.1. The Morgan fingerprint density at radius 3 is 2.17 bits per heavy atom.